The minimum Gasteiger partial charge on any atom is -0.339 e. The maximum atomic E-state index is 12.5. The summed E-state index contributed by atoms with van der Waals surface area (Å²) in [4.78, 5) is 17.7. The van der Waals surface area contributed by atoms with Gasteiger partial charge in [-0.2, -0.15) is 13.2 Å². The summed E-state index contributed by atoms with van der Waals surface area (Å²) in [5, 5.41) is 0.319. The first-order chi connectivity index (χ1) is 8.90. The van der Waals surface area contributed by atoms with Gasteiger partial charge in [-0.25, -0.2) is 4.98 Å². The fourth-order valence-electron chi connectivity index (χ4n) is 2.12. The van der Waals surface area contributed by atoms with Crippen LogP contribution in [-0.2, 0) is 6.42 Å². The molecule has 1 heterocycles. The molecule has 0 aliphatic heterocycles. The number of halogens is 3. The minimum absolute atomic E-state index is 0.00783. The molecule has 0 atom stereocenters. The number of alkyl halides is 3. The first-order valence-corrected chi connectivity index (χ1v) is 7.07. The Hall–Kier alpha value is -1.11. The lowest BCUT2D eigenvalue weighted by molar-refractivity contribution is -0.119. The molecule has 7 heteroatoms. The molecule has 0 unspecified atom stereocenters. The van der Waals surface area contributed by atoms with Crippen molar-refractivity contribution in [3.05, 3.63) is 10.6 Å². The lowest BCUT2D eigenvalue weighted by atomic mass is 10.0. The summed E-state index contributed by atoms with van der Waals surface area (Å²) in [6.45, 7) is 1.10. The van der Waals surface area contributed by atoms with Gasteiger partial charge < -0.3 is 4.90 Å². The molecule has 0 fully saturated rings. The zero-order chi connectivity index (χ0) is 14.0. The third kappa shape index (κ3) is 3.46. The molecule has 1 aromatic rings. The monoisotopic (exact) mass is 292 g/mol. The second-order valence-electron chi connectivity index (χ2n) is 4.59. The normalized spacial score (nSPS) is 15.5. The minimum atomic E-state index is -4.26. The lowest BCUT2D eigenvalue weighted by Crippen LogP contribution is -2.34. The van der Waals surface area contributed by atoms with Gasteiger partial charge >= 0.3 is 6.18 Å². The van der Waals surface area contributed by atoms with Crippen molar-refractivity contribution in [3.63, 3.8) is 0 Å². The summed E-state index contributed by atoms with van der Waals surface area (Å²) >= 11 is 1.10. The third-order valence-electron chi connectivity index (χ3n) is 2.89. The number of aryl methyl sites for hydroxylation is 1. The Balaban J connectivity index is 2.24. The summed E-state index contributed by atoms with van der Waals surface area (Å²) in [6.07, 6.45) is -1.76. The van der Waals surface area contributed by atoms with Crippen molar-refractivity contribution in [3.8, 4) is 0 Å². The van der Waals surface area contributed by atoms with Crippen LogP contribution in [-0.4, -0.2) is 30.0 Å². The van der Waals surface area contributed by atoms with Gasteiger partial charge in [0, 0.05) is 13.0 Å². The van der Waals surface area contributed by atoms with Crippen LogP contribution >= 0.6 is 11.3 Å². The van der Waals surface area contributed by atoms with Gasteiger partial charge in [-0.15, -0.1) is 0 Å². The number of anilines is 1. The Bertz CT molecular complexity index is 470. The van der Waals surface area contributed by atoms with Crippen molar-refractivity contribution in [2.45, 2.75) is 38.8 Å². The van der Waals surface area contributed by atoms with Crippen molar-refractivity contribution in [2.75, 3.05) is 18.0 Å². The molecule has 0 N–H and O–H groups in total. The number of fused-ring (bicyclic) bond motifs is 1. The summed E-state index contributed by atoms with van der Waals surface area (Å²) in [7, 11) is 0. The molecular weight excluding hydrogens is 277 g/mol. The Morgan fingerprint density at radius 2 is 2.11 bits per heavy atom. The van der Waals surface area contributed by atoms with E-state index in [-0.39, 0.29) is 5.78 Å². The SMILES string of the molecule is CCCN(CC(F)(F)F)c1nc2c(s1)C(=O)CCC2. The lowest BCUT2D eigenvalue weighted by Gasteiger charge is -2.22. The fourth-order valence-corrected chi connectivity index (χ4v) is 3.23. The highest BCUT2D eigenvalue weighted by atomic mass is 32.1. The molecule has 3 nitrogen and oxygen atoms in total. The average molecular weight is 292 g/mol. The van der Waals surface area contributed by atoms with E-state index in [1.54, 1.807) is 0 Å². The average Bonchev–Trinajstić information content (AvgIpc) is 2.72. The molecular formula is C12H15F3N2OS. The maximum Gasteiger partial charge on any atom is 0.406 e. The molecule has 2 rings (SSSR count). The molecule has 0 saturated carbocycles. The van der Waals surface area contributed by atoms with Crippen molar-refractivity contribution < 1.29 is 18.0 Å². The van der Waals surface area contributed by atoms with E-state index in [1.165, 1.54) is 4.90 Å². The van der Waals surface area contributed by atoms with Gasteiger partial charge in [-0.05, 0) is 19.3 Å². The number of hydrogen-bond donors (Lipinski definition) is 0. The zero-order valence-corrected chi connectivity index (χ0v) is 11.4. The fraction of sp³-hybridized carbons (Fsp3) is 0.667. The Morgan fingerprint density at radius 1 is 1.37 bits per heavy atom. The van der Waals surface area contributed by atoms with Gasteiger partial charge in [-0.3, -0.25) is 4.79 Å². The summed E-state index contributed by atoms with van der Waals surface area (Å²) in [5.74, 6) is 0.00783. The number of rotatable bonds is 4. The first-order valence-electron chi connectivity index (χ1n) is 6.25. The summed E-state index contributed by atoms with van der Waals surface area (Å²) < 4.78 is 37.6. The highest BCUT2D eigenvalue weighted by Crippen LogP contribution is 2.33. The zero-order valence-electron chi connectivity index (χ0n) is 10.6. The predicted molar refractivity (Wildman–Crippen MR) is 67.9 cm³/mol. The van der Waals surface area contributed by atoms with Gasteiger partial charge in [0.25, 0.3) is 0 Å². The van der Waals surface area contributed by atoms with Crippen LogP contribution in [0.4, 0.5) is 18.3 Å². The van der Waals surface area contributed by atoms with E-state index in [2.05, 4.69) is 4.98 Å². The molecule has 0 spiro atoms. The number of hydrogen-bond acceptors (Lipinski definition) is 4. The van der Waals surface area contributed by atoms with Crippen molar-refractivity contribution in [1.82, 2.24) is 4.98 Å². The van der Waals surface area contributed by atoms with Gasteiger partial charge in [0.1, 0.15) is 6.54 Å². The van der Waals surface area contributed by atoms with E-state index in [0.29, 0.717) is 41.5 Å². The largest absolute Gasteiger partial charge is 0.406 e. The molecule has 0 saturated heterocycles. The van der Waals surface area contributed by atoms with Gasteiger partial charge in [-0.1, -0.05) is 18.3 Å². The van der Waals surface area contributed by atoms with Gasteiger partial charge in [0.15, 0.2) is 10.9 Å². The predicted octanol–water partition coefficient (Wildman–Crippen LogP) is 3.44. The summed E-state index contributed by atoms with van der Waals surface area (Å²) in [5.41, 5.74) is 0.666. The summed E-state index contributed by atoms with van der Waals surface area (Å²) in [6, 6.07) is 0. The van der Waals surface area contributed by atoms with E-state index >= 15 is 0 Å². The Labute approximate surface area is 113 Å². The second kappa shape index (κ2) is 5.48. The molecule has 1 aliphatic rings. The van der Waals surface area contributed by atoms with E-state index in [9.17, 15) is 18.0 Å². The number of carbonyl (C=O) groups excluding carboxylic acids is 1. The number of thiazole rings is 1. The topological polar surface area (TPSA) is 33.2 Å². The van der Waals surface area contributed by atoms with Crippen molar-refractivity contribution in [2.24, 2.45) is 0 Å². The molecule has 106 valence electrons. The number of carbonyl (C=O) groups is 1. The van der Waals surface area contributed by atoms with E-state index in [1.807, 2.05) is 6.92 Å². The second-order valence-corrected chi connectivity index (χ2v) is 5.56. The van der Waals surface area contributed by atoms with Crippen LogP contribution in [0, 0.1) is 0 Å². The van der Waals surface area contributed by atoms with Crippen molar-refractivity contribution >= 4 is 22.3 Å². The van der Waals surface area contributed by atoms with Crippen LogP contribution in [0.2, 0.25) is 0 Å². The van der Waals surface area contributed by atoms with E-state index in [0.717, 1.165) is 17.8 Å². The number of aromatic nitrogens is 1. The van der Waals surface area contributed by atoms with Crippen LogP contribution in [0.5, 0.6) is 0 Å². The molecule has 0 radical (unpaired) electrons. The highest BCUT2D eigenvalue weighted by Gasteiger charge is 2.33. The van der Waals surface area contributed by atoms with Crippen LogP contribution in [0.1, 0.15) is 41.6 Å². The molecule has 1 aromatic heterocycles. The van der Waals surface area contributed by atoms with Gasteiger partial charge in [0.05, 0.1) is 10.6 Å². The van der Waals surface area contributed by atoms with Crippen LogP contribution in [0.3, 0.4) is 0 Å². The standard InChI is InChI=1S/C12H15F3N2OS/c1-2-6-17(7-12(13,14)15)11-16-8-4-3-5-9(18)10(8)19-11/h2-7H2,1H3. The Kier molecular flexibility index (Phi) is 4.13. The quantitative estimate of drug-likeness (QED) is 0.852. The molecule has 0 bridgehead atoms. The number of Topliss-reactive ketones (excluding diaryl/α,β-unsaturated/α-hetero) is 1. The smallest absolute Gasteiger partial charge is 0.339 e. The van der Waals surface area contributed by atoms with Crippen LogP contribution in [0.25, 0.3) is 0 Å². The number of nitrogens with zero attached hydrogens (tertiary/aromatic N) is 2. The first kappa shape index (κ1) is 14.3. The van der Waals surface area contributed by atoms with Gasteiger partial charge in [0.2, 0.25) is 0 Å². The highest BCUT2D eigenvalue weighted by molar-refractivity contribution is 7.17. The van der Waals surface area contributed by atoms with Crippen LogP contribution in [0.15, 0.2) is 0 Å². The van der Waals surface area contributed by atoms with E-state index in [4.69, 9.17) is 0 Å². The maximum absolute atomic E-state index is 12.5. The van der Waals surface area contributed by atoms with E-state index < -0.39 is 12.7 Å². The molecule has 0 amide bonds. The Morgan fingerprint density at radius 3 is 2.68 bits per heavy atom. The van der Waals surface area contributed by atoms with Crippen LogP contribution < -0.4 is 4.90 Å². The third-order valence-corrected chi connectivity index (χ3v) is 4.09. The van der Waals surface area contributed by atoms with Crippen molar-refractivity contribution in [1.29, 1.82) is 0 Å². The molecule has 0 aromatic carbocycles. The molecule has 1 aliphatic carbocycles. The molecule has 19 heavy (non-hydrogen) atoms. The number of ketones is 1.